The summed E-state index contributed by atoms with van der Waals surface area (Å²) in [6.07, 6.45) is 2.43. The van der Waals surface area contributed by atoms with Gasteiger partial charge in [-0.15, -0.1) is 0 Å². The number of methoxy groups -OCH3 is 1. The molecule has 10 heteroatoms. The highest BCUT2D eigenvalue weighted by atomic mass is 32.2. The number of hydrogen-bond acceptors (Lipinski definition) is 6. The van der Waals surface area contributed by atoms with Gasteiger partial charge in [-0.2, -0.15) is 4.31 Å². The lowest BCUT2D eigenvalue weighted by molar-refractivity contribution is -0.131. The topological polar surface area (TPSA) is 118 Å². The lowest BCUT2D eigenvalue weighted by Gasteiger charge is -2.31. The molecule has 9 nitrogen and oxygen atoms in total. The molecule has 0 aliphatic carbocycles. The Hall–Kier alpha value is -2.98. The van der Waals surface area contributed by atoms with Crippen molar-refractivity contribution in [3.05, 3.63) is 54.4 Å². The van der Waals surface area contributed by atoms with Crippen LogP contribution in [0.25, 0.3) is 0 Å². The normalized spacial score (nSPS) is 16.2. The molecule has 0 spiro atoms. The third-order valence-electron chi connectivity index (χ3n) is 5.44. The van der Waals surface area contributed by atoms with E-state index in [-0.39, 0.29) is 42.3 Å². The Morgan fingerprint density at radius 3 is 2.44 bits per heavy atom. The van der Waals surface area contributed by atoms with Gasteiger partial charge in [0.25, 0.3) is 0 Å². The van der Waals surface area contributed by atoms with Gasteiger partial charge in [-0.05, 0) is 56.2 Å². The van der Waals surface area contributed by atoms with E-state index >= 15 is 0 Å². The first kappa shape index (κ1) is 23.7. The average molecular weight is 461 g/mol. The van der Waals surface area contributed by atoms with Crippen LogP contribution in [0.15, 0.2) is 53.6 Å². The zero-order valence-corrected chi connectivity index (χ0v) is 19.0. The van der Waals surface area contributed by atoms with Gasteiger partial charge < -0.3 is 15.4 Å². The van der Waals surface area contributed by atoms with E-state index in [1.165, 1.54) is 23.5 Å². The minimum Gasteiger partial charge on any atom is -0.497 e. The third kappa shape index (κ3) is 5.83. The number of benzene rings is 1. The highest BCUT2D eigenvalue weighted by molar-refractivity contribution is 7.89. The van der Waals surface area contributed by atoms with Gasteiger partial charge in [0.2, 0.25) is 21.8 Å². The second-order valence-electron chi connectivity index (χ2n) is 7.62. The minimum absolute atomic E-state index is 0.194. The van der Waals surface area contributed by atoms with Gasteiger partial charge in [0.15, 0.2) is 0 Å². The van der Waals surface area contributed by atoms with Crippen molar-refractivity contribution in [2.75, 3.05) is 20.2 Å². The Kier molecular flexibility index (Phi) is 7.81. The number of nitrogens with one attached hydrogen (secondary N) is 2. The molecule has 172 valence electrons. The summed E-state index contributed by atoms with van der Waals surface area (Å²) >= 11 is 0. The van der Waals surface area contributed by atoms with Crippen LogP contribution in [0.5, 0.6) is 5.75 Å². The van der Waals surface area contributed by atoms with Crippen molar-refractivity contribution < 1.29 is 22.7 Å². The Labute approximate surface area is 188 Å². The highest BCUT2D eigenvalue weighted by Gasteiger charge is 2.33. The van der Waals surface area contributed by atoms with E-state index in [2.05, 4.69) is 15.6 Å². The van der Waals surface area contributed by atoms with Crippen molar-refractivity contribution in [2.45, 2.75) is 37.2 Å². The monoisotopic (exact) mass is 460 g/mol. The van der Waals surface area contributed by atoms with Gasteiger partial charge in [-0.1, -0.05) is 6.07 Å². The lowest BCUT2D eigenvalue weighted by atomic mass is 9.97. The number of pyridine rings is 1. The van der Waals surface area contributed by atoms with Crippen molar-refractivity contribution in [3.8, 4) is 5.75 Å². The first-order chi connectivity index (χ1) is 15.3. The lowest BCUT2D eigenvalue weighted by Crippen LogP contribution is -2.49. The summed E-state index contributed by atoms with van der Waals surface area (Å²) in [5, 5.41) is 5.48. The van der Waals surface area contributed by atoms with Crippen molar-refractivity contribution in [1.82, 2.24) is 19.9 Å². The van der Waals surface area contributed by atoms with Crippen molar-refractivity contribution in [1.29, 1.82) is 0 Å². The molecule has 1 fully saturated rings. The second kappa shape index (κ2) is 10.6. The Bertz CT molecular complexity index is 1020. The SMILES string of the molecule is COc1ccc(S(=O)(=O)N2CCC(C(=O)NC(C)C(=O)NCc3ccccn3)CC2)cc1. The summed E-state index contributed by atoms with van der Waals surface area (Å²) < 4.78 is 32.2. The molecule has 1 saturated heterocycles. The summed E-state index contributed by atoms with van der Waals surface area (Å²) in [4.78, 5) is 29.2. The molecule has 2 aromatic rings. The molecule has 2 N–H and O–H groups in total. The van der Waals surface area contributed by atoms with Crippen molar-refractivity contribution in [3.63, 3.8) is 0 Å². The fourth-order valence-electron chi connectivity index (χ4n) is 3.49. The summed E-state index contributed by atoms with van der Waals surface area (Å²) in [5.74, 6) is -0.309. The maximum Gasteiger partial charge on any atom is 0.243 e. The predicted molar refractivity (Wildman–Crippen MR) is 118 cm³/mol. The molecule has 1 atom stereocenters. The van der Waals surface area contributed by atoms with Crippen LogP contribution in [-0.2, 0) is 26.2 Å². The maximum atomic E-state index is 12.8. The Balaban J connectivity index is 1.48. The molecule has 0 saturated carbocycles. The summed E-state index contributed by atoms with van der Waals surface area (Å²) in [6.45, 7) is 2.38. The largest absolute Gasteiger partial charge is 0.497 e. The Morgan fingerprint density at radius 1 is 1.16 bits per heavy atom. The summed E-state index contributed by atoms with van der Waals surface area (Å²) in [5.41, 5.74) is 0.727. The average Bonchev–Trinajstić information content (AvgIpc) is 2.83. The van der Waals surface area contributed by atoms with Crippen LogP contribution in [0.2, 0.25) is 0 Å². The number of hydrogen-bond donors (Lipinski definition) is 2. The number of rotatable bonds is 8. The number of nitrogens with zero attached hydrogens (tertiary/aromatic N) is 2. The quantitative estimate of drug-likeness (QED) is 0.613. The molecule has 3 rings (SSSR count). The maximum absolute atomic E-state index is 12.8. The molecular weight excluding hydrogens is 432 g/mol. The highest BCUT2D eigenvalue weighted by Crippen LogP contribution is 2.25. The van der Waals surface area contributed by atoms with E-state index in [1.54, 1.807) is 37.4 Å². The van der Waals surface area contributed by atoms with E-state index in [0.29, 0.717) is 18.6 Å². The van der Waals surface area contributed by atoms with Crippen LogP contribution >= 0.6 is 0 Å². The fraction of sp³-hybridized carbons (Fsp3) is 0.409. The number of amides is 2. The first-order valence-corrected chi connectivity index (χ1v) is 11.9. The first-order valence-electron chi connectivity index (χ1n) is 10.4. The Morgan fingerprint density at radius 2 is 1.84 bits per heavy atom. The molecule has 0 bridgehead atoms. The molecule has 0 radical (unpaired) electrons. The number of carbonyl (C=O) groups is 2. The summed E-state index contributed by atoms with van der Waals surface area (Å²) in [6, 6.07) is 11.0. The van der Waals surface area contributed by atoms with Crippen molar-refractivity contribution in [2.24, 2.45) is 5.92 Å². The molecular formula is C22H28N4O5S. The van der Waals surface area contributed by atoms with Gasteiger partial charge in [0, 0.05) is 25.2 Å². The van der Waals surface area contributed by atoms with Gasteiger partial charge in [-0.25, -0.2) is 8.42 Å². The zero-order valence-electron chi connectivity index (χ0n) is 18.2. The third-order valence-corrected chi connectivity index (χ3v) is 7.36. The van der Waals surface area contributed by atoms with Crippen LogP contribution in [0, 0.1) is 5.92 Å². The van der Waals surface area contributed by atoms with Gasteiger partial charge in [0.05, 0.1) is 24.2 Å². The molecule has 1 aliphatic rings. The van der Waals surface area contributed by atoms with Crippen LogP contribution in [0.3, 0.4) is 0 Å². The van der Waals surface area contributed by atoms with Crippen LogP contribution < -0.4 is 15.4 Å². The standard InChI is InChI=1S/C22H28N4O5S/c1-16(21(27)24-15-18-5-3-4-12-23-18)25-22(28)17-10-13-26(14-11-17)32(29,30)20-8-6-19(31-2)7-9-20/h3-9,12,16-17H,10-11,13-15H2,1-2H3,(H,24,27)(H,25,28). The zero-order chi connectivity index (χ0) is 23.1. The van der Waals surface area contributed by atoms with E-state index in [0.717, 1.165) is 5.69 Å². The smallest absolute Gasteiger partial charge is 0.243 e. The number of sulfonamides is 1. The molecule has 1 aliphatic heterocycles. The number of carbonyl (C=O) groups excluding carboxylic acids is 2. The number of aromatic nitrogens is 1. The van der Waals surface area contributed by atoms with Crippen LogP contribution in [0.4, 0.5) is 0 Å². The van der Waals surface area contributed by atoms with E-state index in [9.17, 15) is 18.0 Å². The van der Waals surface area contributed by atoms with Gasteiger partial charge in [-0.3, -0.25) is 14.6 Å². The van der Waals surface area contributed by atoms with Crippen LogP contribution in [0.1, 0.15) is 25.5 Å². The second-order valence-corrected chi connectivity index (χ2v) is 9.56. The van der Waals surface area contributed by atoms with Gasteiger partial charge in [0.1, 0.15) is 11.8 Å². The predicted octanol–water partition coefficient (Wildman–Crippen LogP) is 1.31. The molecule has 32 heavy (non-hydrogen) atoms. The molecule has 1 unspecified atom stereocenters. The minimum atomic E-state index is -3.63. The number of piperidine rings is 1. The number of ether oxygens (including phenoxy) is 1. The molecule has 2 amide bonds. The van der Waals surface area contributed by atoms with Crippen molar-refractivity contribution >= 4 is 21.8 Å². The summed E-state index contributed by atoms with van der Waals surface area (Å²) in [7, 11) is -2.11. The molecule has 2 heterocycles. The van der Waals surface area contributed by atoms with E-state index in [1.807, 2.05) is 6.07 Å². The molecule has 1 aromatic carbocycles. The van der Waals surface area contributed by atoms with E-state index in [4.69, 9.17) is 4.74 Å². The fourth-order valence-corrected chi connectivity index (χ4v) is 4.96. The van der Waals surface area contributed by atoms with Gasteiger partial charge >= 0.3 is 0 Å². The molecule has 1 aromatic heterocycles. The van der Waals surface area contributed by atoms with Crippen LogP contribution in [-0.4, -0.2) is 55.8 Å². The van der Waals surface area contributed by atoms with E-state index < -0.39 is 16.1 Å².